The number of nitrogens with one attached hydrogen (secondary N) is 1. The number of aryl methyl sites for hydroxylation is 1. The lowest BCUT2D eigenvalue weighted by molar-refractivity contribution is -0.123. The Bertz CT molecular complexity index is 1130. The number of amides is 3. The molecule has 0 aliphatic carbocycles. The summed E-state index contributed by atoms with van der Waals surface area (Å²) in [6, 6.07) is 19.1. The van der Waals surface area contributed by atoms with Crippen LogP contribution in [0.25, 0.3) is 11.8 Å². The summed E-state index contributed by atoms with van der Waals surface area (Å²) in [6.45, 7) is 4.27. The van der Waals surface area contributed by atoms with E-state index in [0.717, 1.165) is 32.7 Å². The number of urea groups is 1. The van der Waals surface area contributed by atoms with E-state index in [0.29, 0.717) is 5.70 Å². The quantitative estimate of drug-likeness (QED) is 0.452. The maximum Gasteiger partial charge on any atom is 0.329 e. The molecule has 0 radical (unpaired) electrons. The van der Waals surface area contributed by atoms with Crippen LogP contribution in [-0.2, 0) is 11.3 Å². The highest BCUT2D eigenvalue weighted by molar-refractivity contribution is 9.10. The number of rotatable bonds is 4. The standard InChI is InChI=1S/C23H20BrN3O2/c1-15-11-18(16(2)27(15)20-10-6-9-19(24)13-20)12-21-22(28)26(23(29)25-21)14-17-7-4-3-5-8-17/h3-13H,14H2,1-2H3,(H,25,29)/b21-12+. The van der Waals surface area contributed by atoms with Gasteiger partial charge in [-0.25, -0.2) is 4.79 Å². The zero-order valence-corrected chi connectivity index (χ0v) is 17.7. The topological polar surface area (TPSA) is 54.3 Å². The first kappa shape index (κ1) is 19.2. The van der Waals surface area contributed by atoms with Crippen LogP contribution >= 0.6 is 15.9 Å². The zero-order chi connectivity index (χ0) is 20.5. The molecule has 1 aliphatic rings. The van der Waals surface area contributed by atoms with Gasteiger partial charge in [0.2, 0.25) is 0 Å². The predicted octanol–water partition coefficient (Wildman–Crippen LogP) is 4.95. The number of nitrogens with zero attached hydrogens (tertiary/aromatic N) is 2. The van der Waals surface area contributed by atoms with Gasteiger partial charge in [-0.15, -0.1) is 0 Å². The Balaban J connectivity index is 1.64. The van der Waals surface area contributed by atoms with Gasteiger partial charge in [0.25, 0.3) is 5.91 Å². The van der Waals surface area contributed by atoms with Crippen LogP contribution in [0.4, 0.5) is 4.79 Å². The highest BCUT2D eigenvalue weighted by atomic mass is 79.9. The van der Waals surface area contributed by atoms with Gasteiger partial charge >= 0.3 is 6.03 Å². The average molecular weight is 450 g/mol. The van der Waals surface area contributed by atoms with E-state index in [-0.39, 0.29) is 12.5 Å². The third kappa shape index (κ3) is 3.76. The molecule has 2 aromatic carbocycles. The van der Waals surface area contributed by atoms with Crippen LogP contribution in [0, 0.1) is 13.8 Å². The number of hydrogen-bond donors (Lipinski definition) is 1. The van der Waals surface area contributed by atoms with E-state index < -0.39 is 6.03 Å². The van der Waals surface area contributed by atoms with Crippen molar-refractivity contribution in [2.75, 3.05) is 0 Å². The highest BCUT2D eigenvalue weighted by Crippen LogP contribution is 2.25. The fourth-order valence-electron chi connectivity index (χ4n) is 3.58. The van der Waals surface area contributed by atoms with Crippen molar-refractivity contribution >= 4 is 33.9 Å². The molecule has 3 aromatic rings. The molecule has 3 amide bonds. The molecule has 1 aliphatic heterocycles. The predicted molar refractivity (Wildman–Crippen MR) is 116 cm³/mol. The fraction of sp³-hybridized carbons (Fsp3) is 0.130. The normalized spacial score (nSPS) is 15.3. The van der Waals surface area contributed by atoms with E-state index in [1.807, 2.05) is 74.5 Å². The molecule has 1 N–H and O–H groups in total. The SMILES string of the molecule is Cc1cc(/C=C2/NC(=O)N(Cc3ccccc3)C2=O)c(C)n1-c1cccc(Br)c1. The van der Waals surface area contributed by atoms with Gasteiger partial charge in [-0.3, -0.25) is 9.69 Å². The van der Waals surface area contributed by atoms with Crippen LogP contribution in [-0.4, -0.2) is 21.4 Å². The summed E-state index contributed by atoms with van der Waals surface area (Å²) >= 11 is 3.51. The third-order valence-electron chi connectivity index (χ3n) is 4.98. The molecule has 146 valence electrons. The molecule has 0 atom stereocenters. The van der Waals surface area contributed by atoms with Gasteiger partial charge < -0.3 is 9.88 Å². The Hall–Kier alpha value is -3.12. The van der Waals surface area contributed by atoms with Crippen molar-refractivity contribution in [2.45, 2.75) is 20.4 Å². The van der Waals surface area contributed by atoms with E-state index in [1.54, 1.807) is 6.08 Å². The van der Waals surface area contributed by atoms with Gasteiger partial charge in [0.05, 0.1) is 6.54 Å². The maximum atomic E-state index is 12.8. The van der Waals surface area contributed by atoms with Crippen molar-refractivity contribution in [3.8, 4) is 5.69 Å². The second-order valence-electron chi connectivity index (χ2n) is 7.01. The van der Waals surface area contributed by atoms with Crippen LogP contribution in [0.1, 0.15) is 22.5 Å². The summed E-state index contributed by atoms with van der Waals surface area (Å²) in [5.74, 6) is -0.314. The molecular formula is C23H20BrN3O2. The van der Waals surface area contributed by atoms with Gasteiger partial charge in [0.1, 0.15) is 5.70 Å². The van der Waals surface area contributed by atoms with Crippen LogP contribution in [0.3, 0.4) is 0 Å². The molecule has 1 fully saturated rings. The van der Waals surface area contributed by atoms with Gasteiger partial charge in [-0.1, -0.05) is 52.3 Å². The molecule has 0 unspecified atom stereocenters. The zero-order valence-electron chi connectivity index (χ0n) is 16.1. The second-order valence-corrected chi connectivity index (χ2v) is 7.92. The molecule has 2 heterocycles. The summed E-state index contributed by atoms with van der Waals surface area (Å²) in [6.07, 6.45) is 1.75. The number of halogens is 1. The smallest absolute Gasteiger partial charge is 0.318 e. The van der Waals surface area contributed by atoms with Crippen molar-refractivity contribution in [3.05, 3.63) is 93.3 Å². The Kier molecular flexibility index (Phi) is 5.11. The number of carbonyl (C=O) groups excluding carboxylic acids is 2. The van der Waals surface area contributed by atoms with Crippen LogP contribution in [0.5, 0.6) is 0 Å². The van der Waals surface area contributed by atoms with Crippen molar-refractivity contribution < 1.29 is 9.59 Å². The fourth-order valence-corrected chi connectivity index (χ4v) is 3.97. The van der Waals surface area contributed by atoms with Gasteiger partial charge in [-0.05, 0) is 55.3 Å². The summed E-state index contributed by atoms with van der Waals surface area (Å²) in [5, 5.41) is 2.71. The molecular weight excluding hydrogens is 430 g/mol. The van der Waals surface area contributed by atoms with Gasteiger partial charge in [0, 0.05) is 21.5 Å². The van der Waals surface area contributed by atoms with Crippen molar-refractivity contribution in [1.29, 1.82) is 0 Å². The first-order chi connectivity index (χ1) is 13.9. The number of benzene rings is 2. The minimum atomic E-state index is -0.397. The summed E-state index contributed by atoms with van der Waals surface area (Å²) in [7, 11) is 0. The lowest BCUT2D eigenvalue weighted by Crippen LogP contribution is -2.30. The second kappa shape index (κ2) is 7.72. The third-order valence-corrected chi connectivity index (χ3v) is 5.48. The first-order valence-electron chi connectivity index (χ1n) is 9.27. The Morgan fingerprint density at radius 2 is 1.76 bits per heavy atom. The van der Waals surface area contributed by atoms with Gasteiger partial charge in [0.15, 0.2) is 0 Å². The monoisotopic (exact) mass is 449 g/mol. The molecule has 0 bridgehead atoms. The van der Waals surface area contributed by atoms with Crippen LogP contribution in [0.15, 0.2) is 70.8 Å². The summed E-state index contributed by atoms with van der Waals surface area (Å²) < 4.78 is 3.12. The van der Waals surface area contributed by atoms with E-state index in [4.69, 9.17) is 0 Å². The molecule has 4 rings (SSSR count). The number of hydrogen-bond acceptors (Lipinski definition) is 2. The van der Waals surface area contributed by atoms with Crippen molar-refractivity contribution in [1.82, 2.24) is 14.8 Å². The maximum absolute atomic E-state index is 12.8. The van der Waals surface area contributed by atoms with Gasteiger partial charge in [-0.2, -0.15) is 0 Å². The number of carbonyl (C=O) groups is 2. The molecule has 6 heteroatoms. The van der Waals surface area contributed by atoms with E-state index in [2.05, 4.69) is 25.8 Å². The lowest BCUT2D eigenvalue weighted by atomic mass is 10.2. The molecule has 0 spiro atoms. The van der Waals surface area contributed by atoms with Crippen molar-refractivity contribution in [3.63, 3.8) is 0 Å². The number of imide groups is 1. The Labute approximate surface area is 177 Å². The lowest BCUT2D eigenvalue weighted by Gasteiger charge is -2.11. The van der Waals surface area contributed by atoms with E-state index in [1.165, 1.54) is 4.90 Å². The molecule has 1 aromatic heterocycles. The minimum Gasteiger partial charge on any atom is -0.318 e. The molecule has 0 saturated carbocycles. The van der Waals surface area contributed by atoms with Crippen LogP contribution < -0.4 is 5.32 Å². The number of aromatic nitrogens is 1. The first-order valence-corrected chi connectivity index (χ1v) is 10.1. The minimum absolute atomic E-state index is 0.250. The average Bonchev–Trinajstić information content (AvgIpc) is 3.12. The Morgan fingerprint density at radius 1 is 1.00 bits per heavy atom. The van der Waals surface area contributed by atoms with Crippen molar-refractivity contribution in [2.24, 2.45) is 0 Å². The van der Waals surface area contributed by atoms with E-state index >= 15 is 0 Å². The highest BCUT2D eigenvalue weighted by Gasteiger charge is 2.33. The van der Waals surface area contributed by atoms with E-state index in [9.17, 15) is 9.59 Å². The molecule has 1 saturated heterocycles. The summed E-state index contributed by atoms with van der Waals surface area (Å²) in [5.41, 5.74) is 5.17. The largest absolute Gasteiger partial charge is 0.329 e. The molecule has 29 heavy (non-hydrogen) atoms. The Morgan fingerprint density at radius 3 is 2.48 bits per heavy atom. The van der Waals surface area contributed by atoms with Crippen LogP contribution in [0.2, 0.25) is 0 Å². The molecule has 5 nitrogen and oxygen atoms in total. The summed E-state index contributed by atoms with van der Waals surface area (Å²) in [4.78, 5) is 26.4.